The molecule has 0 bridgehead atoms. The summed E-state index contributed by atoms with van der Waals surface area (Å²) in [6.07, 6.45) is 3.27. The fourth-order valence-corrected chi connectivity index (χ4v) is 2.63. The summed E-state index contributed by atoms with van der Waals surface area (Å²) < 4.78 is 0. The molecule has 2 aromatic rings. The Kier molecular flexibility index (Phi) is 2.37. The molecular weight excluding hydrogens is 222 g/mol. The maximum absolute atomic E-state index is 5.94. The van der Waals surface area contributed by atoms with E-state index in [4.69, 9.17) is 17.3 Å². The van der Waals surface area contributed by atoms with Gasteiger partial charge in [0.2, 0.25) is 0 Å². The van der Waals surface area contributed by atoms with Gasteiger partial charge in [0.1, 0.15) is 5.82 Å². The maximum atomic E-state index is 5.94. The average Bonchev–Trinajstić information content (AvgIpc) is 2.83. The van der Waals surface area contributed by atoms with Crippen LogP contribution in [0.4, 0.5) is 0 Å². The highest BCUT2D eigenvalue weighted by molar-refractivity contribution is 6.31. The van der Waals surface area contributed by atoms with Crippen molar-refractivity contribution < 1.29 is 0 Å². The molecule has 0 saturated heterocycles. The summed E-state index contributed by atoms with van der Waals surface area (Å²) in [5.74, 6) is 1.55. The van der Waals surface area contributed by atoms with Gasteiger partial charge in [0, 0.05) is 17.0 Å². The number of aromatic nitrogens is 2. The van der Waals surface area contributed by atoms with Gasteiger partial charge in [-0.2, -0.15) is 0 Å². The number of hydrogen-bond acceptors (Lipinski definition) is 2. The maximum Gasteiger partial charge on any atom is 0.110 e. The van der Waals surface area contributed by atoms with Gasteiger partial charge in [0.15, 0.2) is 0 Å². The zero-order chi connectivity index (χ0) is 11.1. The average molecular weight is 236 g/mol. The lowest BCUT2D eigenvalue weighted by Crippen LogP contribution is -2.14. The highest BCUT2D eigenvalue weighted by Gasteiger charge is 2.25. The van der Waals surface area contributed by atoms with Crippen molar-refractivity contribution in [1.82, 2.24) is 9.97 Å². The summed E-state index contributed by atoms with van der Waals surface area (Å²) >= 11 is 5.94. The topological polar surface area (TPSA) is 54.7 Å². The van der Waals surface area contributed by atoms with Gasteiger partial charge in [-0.1, -0.05) is 11.6 Å². The summed E-state index contributed by atoms with van der Waals surface area (Å²) in [6, 6.07) is 6.07. The van der Waals surface area contributed by atoms with Crippen LogP contribution >= 0.6 is 11.6 Å². The van der Waals surface area contributed by atoms with E-state index < -0.39 is 0 Å². The van der Waals surface area contributed by atoms with E-state index in [-0.39, 0.29) is 0 Å². The first kappa shape index (κ1) is 10.1. The minimum absolute atomic E-state index is 0.335. The monoisotopic (exact) mass is 235 g/mol. The normalized spacial score (nSPS) is 25.4. The quantitative estimate of drug-likeness (QED) is 0.799. The summed E-state index contributed by atoms with van der Waals surface area (Å²) in [7, 11) is 0. The van der Waals surface area contributed by atoms with E-state index in [1.807, 2.05) is 18.2 Å². The van der Waals surface area contributed by atoms with Gasteiger partial charge in [0.05, 0.1) is 11.0 Å². The van der Waals surface area contributed by atoms with E-state index in [1.165, 1.54) is 0 Å². The SMILES string of the molecule is N[C@H]1CC[C@@H](c2nc3ccc(Cl)cc3[nH]2)C1. The molecule has 3 N–H and O–H groups in total. The smallest absolute Gasteiger partial charge is 0.110 e. The second-order valence-corrected chi connectivity index (χ2v) is 4.99. The number of aromatic amines is 1. The van der Waals surface area contributed by atoms with Crippen molar-refractivity contribution in [2.75, 3.05) is 0 Å². The molecule has 16 heavy (non-hydrogen) atoms. The van der Waals surface area contributed by atoms with Crippen molar-refractivity contribution in [3.8, 4) is 0 Å². The highest BCUT2D eigenvalue weighted by Crippen LogP contribution is 2.33. The van der Waals surface area contributed by atoms with Gasteiger partial charge < -0.3 is 10.7 Å². The molecule has 1 fully saturated rings. The molecule has 0 aliphatic heterocycles. The van der Waals surface area contributed by atoms with Gasteiger partial charge in [-0.15, -0.1) is 0 Å². The van der Waals surface area contributed by atoms with Crippen LogP contribution < -0.4 is 5.73 Å². The highest BCUT2D eigenvalue weighted by atomic mass is 35.5. The number of nitrogens with one attached hydrogen (secondary N) is 1. The zero-order valence-electron chi connectivity index (χ0n) is 8.91. The zero-order valence-corrected chi connectivity index (χ0v) is 9.67. The van der Waals surface area contributed by atoms with Gasteiger partial charge in [-0.25, -0.2) is 4.98 Å². The number of hydrogen-bond donors (Lipinski definition) is 2. The molecule has 1 saturated carbocycles. The molecule has 0 spiro atoms. The Morgan fingerprint density at radius 2 is 2.25 bits per heavy atom. The van der Waals surface area contributed by atoms with Crippen LogP contribution in [0.15, 0.2) is 18.2 Å². The van der Waals surface area contributed by atoms with E-state index in [9.17, 15) is 0 Å². The largest absolute Gasteiger partial charge is 0.342 e. The van der Waals surface area contributed by atoms with Crippen LogP contribution in [0.2, 0.25) is 5.02 Å². The Bertz CT molecular complexity index is 520. The molecule has 84 valence electrons. The van der Waals surface area contributed by atoms with Crippen molar-refractivity contribution in [1.29, 1.82) is 0 Å². The third kappa shape index (κ3) is 1.70. The van der Waals surface area contributed by atoms with E-state index in [0.717, 1.165) is 41.1 Å². The molecule has 1 aromatic heterocycles. The fraction of sp³-hybridized carbons (Fsp3) is 0.417. The molecule has 0 unspecified atom stereocenters. The molecule has 3 nitrogen and oxygen atoms in total. The van der Waals surface area contributed by atoms with Gasteiger partial charge in [-0.3, -0.25) is 0 Å². The lowest BCUT2D eigenvalue weighted by molar-refractivity contribution is 0.651. The Morgan fingerprint density at radius 1 is 1.38 bits per heavy atom. The van der Waals surface area contributed by atoms with E-state index in [1.54, 1.807) is 0 Å². The number of H-pyrrole nitrogens is 1. The van der Waals surface area contributed by atoms with Crippen LogP contribution in [0.25, 0.3) is 11.0 Å². The molecule has 2 atom stereocenters. The second-order valence-electron chi connectivity index (χ2n) is 4.55. The predicted octanol–water partition coefficient (Wildman–Crippen LogP) is 2.81. The molecule has 1 aliphatic carbocycles. The van der Waals surface area contributed by atoms with Crippen molar-refractivity contribution >= 4 is 22.6 Å². The first-order chi connectivity index (χ1) is 7.72. The molecule has 1 aromatic carbocycles. The van der Waals surface area contributed by atoms with E-state index in [0.29, 0.717) is 12.0 Å². The molecule has 0 amide bonds. The van der Waals surface area contributed by atoms with Gasteiger partial charge >= 0.3 is 0 Å². The van der Waals surface area contributed by atoms with E-state index in [2.05, 4.69) is 9.97 Å². The minimum atomic E-state index is 0.335. The summed E-state index contributed by atoms with van der Waals surface area (Å²) in [4.78, 5) is 7.95. The van der Waals surface area contributed by atoms with E-state index >= 15 is 0 Å². The lowest BCUT2D eigenvalue weighted by Gasteiger charge is -2.04. The molecule has 0 radical (unpaired) electrons. The van der Waals surface area contributed by atoms with Crippen molar-refractivity contribution in [2.45, 2.75) is 31.2 Å². The standard InChI is InChI=1S/C12H14ClN3/c13-8-2-4-10-11(6-8)16-12(15-10)7-1-3-9(14)5-7/h2,4,6-7,9H,1,3,5,14H2,(H,15,16)/t7-,9+/m1/s1. The first-order valence-electron chi connectivity index (χ1n) is 5.63. The van der Waals surface area contributed by atoms with Gasteiger partial charge in [0.25, 0.3) is 0 Å². The van der Waals surface area contributed by atoms with Crippen LogP contribution in [0.3, 0.4) is 0 Å². The molecule has 4 heteroatoms. The number of benzene rings is 1. The summed E-state index contributed by atoms with van der Waals surface area (Å²) in [6.45, 7) is 0. The molecular formula is C12H14ClN3. The Morgan fingerprint density at radius 3 is 3.00 bits per heavy atom. The summed E-state index contributed by atoms with van der Waals surface area (Å²) in [5, 5.41) is 0.742. The Labute approximate surface area is 99.0 Å². The first-order valence-corrected chi connectivity index (χ1v) is 6.01. The van der Waals surface area contributed by atoms with Crippen LogP contribution in [0.1, 0.15) is 31.0 Å². The summed E-state index contributed by atoms with van der Waals surface area (Å²) in [5.41, 5.74) is 7.92. The molecule has 3 rings (SSSR count). The van der Waals surface area contributed by atoms with Crippen molar-refractivity contribution in [3.05, 3.63) is 29.0 Å². The number of imidazole rings is 1. The Balaban J connectivity index is 1.99. The number of halogens is 1. The second kappa shape index (κ2) is 3.75. The fourth-order valence-electron chi connectivity index (χ4n) is 2.46. The number of rotatable bonds is 1. The third-order valence-corrected chi connectivity index (χ3v) is 3.56. The number of nitrogens with two attached hydrogens (primary N) is 1. The van der Waals surface area contributed by atoms with Crippen LogP contribution in [0, 0.1) is 0 Å². The number of nitrogens with zero attached hydrogens (tertiary/aromatic N) is 1. The van der Waals surface area contributed by atoms with Crippen LogP contribution in [-0.4, -0.2) is 16.0 Å². The number of fused-ring (bicyclic) bond motifs is 1. The third-order valence-electron chi connectivity index (χ3n) is 3.32. The molecule has 1 aliphatic rings. The van der Waals surface area contributed by atoms with Crippen LogP contribution in [-0.2, 0) is 0 Å². The van der Waals surface area contributed by atoms with Crippen molar-refractivity contribution in [3.63, 3.8) is 0 Å². The minimum Gasteiger partial charge on any atom is -0.342 e. The van der Waals surface area contributed by atoms with Crippen LogP contribution in [0.5, 0.6) is 0 Å². The Hall–Kier alpha value is -1.06. The van der Waals surface area contributed by atoms with Crippen molar-refractivity contribution in [2.24, 2.45) is 5.73 Å². The predicted molar refractivity (Wildman–Crippen MR) is 65.7 cm³/mol. The lowest BCUT2D eigenvalue weighted by atomic mass is 10.1. The molecule has 1 heterocycles. The van der Waals surface area contributed by atoms with Gasteiger partial charge in [-0.05, 0) is 37.5 Å².